The van der Waals surface area contributed by atoms with E-state index < -0.39 is 11.7 Å². The van der Waals surface area contributed by atoms with Gasteiger partial charge in [-0.25, -0.2) is 15.0 Å². The molecule has 0 radical (unpaired) electrons. The molecule has 172 valence electrons. The van der Waals surface area contributed by atoms with Crippen molar-refractivity contribution in [3.8, 4) is 11.3 Å². The van der Waals surface area contributed by atoms with Crippen LogP contribution >= 0.6 is 0 Å². The number of pyridine rings is 1. The third-order valence-electron chi connectivity index (χ3n) is 5.45. The first-order valence-electron chi connectivity index (χ1n) is 10.8. The normalized spacial score (nSPS) is 13.0. The molecule has 0 amide bonds. The maximum absolute atomic E-state index is 13.4. The van der Waals surface area contributed by atoms with Crippen LogP contribution in [0.4, 0.5) is 24.7 Å². The number of benzene rings is 1. The molecule has 0 aliphatic carbocycles. The molecule has 0 aliphatic rings. The Morgan fingerprint density at radius 1 is 1.12 bits per heavy atom. The highest BCUT2D eigenvalue weighted by molar-refractivity contribution is 5.88. The number of nitrogens with zero attached hydrogens (tertiary/aromatic N) is 4. The highest BCUT2D eigenvalue weighted by Crippen LogP contribution is 2.36. The third-order valence-corrected chi connectivity index (χ3v) is 5.45. The van der Waals surface area contributed by atoms with Crippen LogP contribution in [0.25, 0.3) is 22.4 Å². The minimum atomic E-state index is -4.50. The lowest BCUT2D eigenvalue weighted by Gasteiger charge is -2.20. The standard InChI is InChI=1S/C23H29F3N6/c1-4-32(5-2)12-8-9-15(3)29-18-13-20(27)31-22-21(18)28-14-19(30-22)16-10-6-7-11-17(16)23(24,25)26/h6-7,10-11,13-15H,4-5,8-9,12H2,1-3H3,(H3,27,29,30,31). The molecule has 9 heteroatoms. The van der Waals surface area contributed by atoms with Crippen LogP contribution in [0, 0.1) is 0 Å². The van der Waals surface area contributed by atoms with Crippen LogP contribution < -0.4 is 11.1 Å². The van der Waals surface area contributed by atoms with E-state index >= 15 is 0 Å². The third kappa shape index (κ3) is 5.64. The summed E-state index contributed by atoms with van der Waals surface area (Å²) in [7, 11) is 0. The second-order valence-corrected chi connectivity index (χ2v) is 7.78. The Bertz CT molecular complexity index is 1050. The van der Waals surface area contributed by atoms with Gasteiger partial charge in [0.25, 0.3) is 0 Å². The molecule has 6 nitrogen and oxygen atoms in total. The fourth-order valence-electron chi connectivity index (χ4n) is 3.71. The van der Waals surface area contributed by atoms with E-state index in [9.17, 15) is 13.2 Å². The molecular weight excluding hydrogens is 417 g/mol. The number of alkyl halides is 3. The van der Waals surface area contributed by atoms with Crippen LogP contribution in [0.3, 0.4) is 0 Å². The second kappa shape index (κ2) is 10.1. The summed E-state index contributed by atoms with van der Waals surface area (Å²) in [6, 6.07) is 7.13. The Balaban J connectivity index is 1.86. The van der Waals surface area contributed by atoms with Crippen molar-refractivity contribution in [2.75, 3.05) is 30.7 Å². The van der Waals surface area contributed by atoms with Gasteiger partial charge in [0.1, 0.15) is 11.3 Å². The molecule has 0 fully saturated rings. The Labute approximate surface area is 186 Å². The van der Waals surface area contributed by atoms with Gasteiger partial charge in [0.2, 0.25) is 0 Å². The first-order valence-corrected chi connectivity index (χ1v) is 10.8. The molecule has 0 saturated heterocycles. The number of hydrogen-bond donors (Lipinski definition) is 2. The van der Waals surface area contributed by atoms with Crippen molar-refractivity contribution >= 4 is 22.7 Å². The number of nitrogen functional groups attached to an aromatic ring is 1. The first kappa shape index (κ1) is 23.7. The maximum Gasteiger partial charge on any atom is 0.417 e. The fraction of sp³-hybridized carbons (Fsp3) is 0.435. The average Bonchev–Trinajstić information content (AvgIpc) is 2.75. The van der Waals surface area contributed by atoms with Gasteiger partial charge in [0.05, 0.1) is 23.1 Å². The van der Waals surface area contributed by atoms with Gasteiger partial charge in [-0.05, 0) is 45.5 Å². The van der Waals surface area contributed by atoms with E-state index in [2.05, 4.69) is 45.9 Å². The number of hydrogen-bond acceptors (Lipinski definition) is 6. The predicted octanol–water partition coefficient (Wildman–Crippen LogP) is 5.22. The van der Waals surface area contributed by atoms with Crippen molar-refractivity contribution in [3.05, 3.63) is 42.1 Å². The molecule has 0 bridgehead atoms. The van der Waals surface area contributed by atoms with Crippen molar-refractivity contribution in [2.45, 2.75) is 45.8 Å². The van der Waals surface area contributed by atoms with Crippen LogP contribution in [0.5, 0.6) is 0 Å². The molecule has 1 unspecified atom stereocenters. The molecule has 2 aromatic heterocycles. The molecule has 3 N–H and O–H groups in total. The number of aromatic nitrogens is 3. The van der Waals surface area contributed by atoms with Gasteiger partial charge in [-0.15, -0.1) is 0 Å². The molecule has 2 heterocycles. The Hall–Kier alpha value is -2.94. The van der Waals surface area contributed by atoms with Crippen molar-refractivity contribution in [2.24, 2.45) is 0 Å². The molecule has 0 aliphatic heterocycles. The quantitative estimate of drug-likeness (QED) is 0.469. The van der Waals surface area contributed by atoms with Crippen LogP contribution in [0.15, 0.2) is 36.5 Å². The van der Waals surface area contributed by atoms with E-state index in [-0.39, 0.29) is 28.8 Å². The second-order valence-electron chi connectivity index (χ2n) is 7.78. The van der Waals surface area contributed by atoms with Crippen LogP contribution in [-0.2, 0) is 6.18 Å². The molecular formula is C23H29F3N6. The van der Waals surface area contributed by atoms with Crippen molar-refractivity contribution in [1.29, 1.82) is 0 Å². The van der Waals surface area contributed by atoms with E-state index in [4.69, 9.17) is 5.73 Å². The summed E-state index contributed by atoms with van der Waals surface area (Å²) < 4.78 is 40.3. The van der Waals surface area contributed by atoms with Crippen molar-refractivity contribution in [3.63, 3.8) is 0 Å². The van der Waals surface area contributed by atoms with E-state index in [0.717, 1.165) is 38.5 Å². The Morgan fingerprint density at radius 3 is 2.53 bits per heavy atom. The van der Waals surface area contributed by atoms with E-state index in [1.165, 1.54) is 24.4 Å². The lowest BCUT2D eigenvalue weighted by Crippen LogP contribution is -2.25. The topological polar surface area (TPSA) is 80.0 Å². The monoisotopic (exact) mass is 446 g/mol. The fourth-order valence-corrected chi connectivity index (χ4v) is 3.71. The van der Waals surface area contributed by atoms with Gasteiger partial charge in [-0.1, -0.05) is 32.0 Å². The Morgan fingerprint density at radius 2 is 1.84 bits per heavy atom. The largest absolute Gasteiger partial charge is 0.417 e. The molecule has 0 saturated carbocycles. The van der Waals surface area contributed by atoms with Crippen LogP contribution in [-0.4, -0.2) is 45.5 Å². The zero-order valence-corrected chi connectivity index (χ0v) is 18.6. The summed E-state index contributed by atoms with van der Waals surface area (Å²) in [5.74, 6) is 0.228. The molecule has 1 atom stereocenters. The number of nitrogens with one attached hydrogen (secondary N) is 1. The molecule has 0 spiro atoms. The number of anilines is 2. The maximum atomic E-state index is 13.4. The number of rotatable bonds is 9. The average molecular weight is 447 g/mol. The minimum Gasteiger partial charge on any atom is -0.384 e. The van der Waals surface area contributed by atoms with Gasteiger partial charge >= 0.3 is 6.18 Å². The number of halogens is 3. The summed E-state index contributed by atoms with van der Waals surface area (Å²) in [6.07, 6.45) is -1.16. The van der Waals surface area contributed by atoms with Gasteiger partial charge < -0.3 is 16.0 Å². The number of nitrogens with two attached hydrogens (primary N) is 1. The van der Waals surface area contributed by atoms with Gasteiger partial charge in [-0.2, -0.15) is 13.2 Å². The van der Waals surface area contributed by atoms with Crippen molar-refractivity contribution in [1.82, 2.24) is 19.9 Å². The summed E-state index contributed by atoms with van der Waals surface area (Å²) in [6.45, 7) is 9.46. The van der Waals surface area contributed by atoms with E-state index in [1.54, 1.807) is 6.07 Å². The van der Waals surface area contributed by atoms with Crippen LogP contribution in [0.2, 0.25) is 0 Å². The Kier molecular flexibility index (Phi) is 7.50. The molecule has 3 aromatic rings. The zero-order valence-electron chi connectivity index (χ0n) is 18.6. The van der Waals surface area contributed by atoms with Gasteiger partial charge in [0, 0.05) is 17.7 Å². The van der Waals surface area contributed by atoms with E-state index in [1.807, 2.05) is 0 Å². The smallest absolute Gasteiger partial charge is 0.384 e. The highest BCUT2D eigenvalue weighted by atomic mass is 19.4. The van der Waals surface area contributed by atoms with Crippen LogP contribution in [0.1, 0.15) is 39.2 Å². The first-order chi connectivity index (χ1) is 15.2. The lowest BCUT2D eigenvalue weighted by molar-refractivity contribution is -0.137. The highest BCUT2D eigenvalue weighted by Gasteiger charge is 2.33. The van der Waals surface area contributed by atoms with E-state index in [0.29, 0.717) is 11.2 Å². The van der Waals surface area contributed by atoms with Gasteiger partial charge in [-0.3, -0.25) is 0 Å². The predicted molar refractivity (Wildman–Crippen MR) is 122 cm³/mol. The minimum absolute atomic E-state index is 0.0436. The van der Waals surface area contributed by atoms with Gasteiger partial charge in [0.15, 0.2) is 5.65 Å². The summed E-state index contributed by atoms with van der Waals surface area (Å²) in [5, 5.41) is 3.41. The number of fused-ring (bicyclic) bond motifs is 1. The SMILES string of the molecule is CCN(CC)CCCC(C)Nc1cc(N)nc2nc(-c3ccccc3C(F)(F)F)cnc12. The van der Waals surface area contributed by atoms with Crippen molar-refractivity contribution < 1.29 is 13.2 Å². The molecule has 3 rings (SSSR count). The lowest BCUT2D eigenvalue weighted by atomic mass is 10.0. The summed E-state index contributed by atoms with van der Waals surface area (Å²) in [4.78, 5) is 15.3. The summed E-state index contributed by atoms with van der Waals surface area (Å²) in [5.41, 5.74) is 6.60. The molecule has 1 aromatic carbocycles. The summed E-state index contributed by atoms with van der Waals surface area (Å²) >= 11 is 0. The zero-order chi connectivity index (χ0) is 23.3. The molecule has 32 heavy (non-hydrogen) atoms.